The number of hydrazone groups is 1. The minimum Gasteiger partial charge on any atom is -0.387 e. The van der Waals surface area contributed by atoms with E-state index in [1.165, 1.54) is 15.9 Å². The number of phosphoric ester groups is 1. The number of ether oxygens (including phenoxy) is 1. The number of nitrogens with zero attached hydrogens (tertiary/aromatic N) is 5. The van der Waals surface area contributed by atoms with Crippen molar-refractivity contribution in [2.75, 3.05) is 18.7 Å². The number of amidine groups is 1. The quantitative estimate of drug-likeness (QED) is 0.365. The van der Waals surface area contributed by atoms with Crippen molar-refractivity contribution in [3.63, 3.8) is 0 Å². The molecule has 13 nitrogen and oxygen atoms in total. The molecule has 146 valence electrons. The van der Waals surface area contributed by atoms with Crippen molar-refractivity contribution in [3.8, 4) is 0 Å². The number of hydrogen-bond acceptors (Lipinski definition) is 10. The van der Waals surface area contributed by atoms with Gasteiger partial charge < -0.3 is 35.0 Å². The Balaban J connectivity index is 1.72. The minimum absolute atomic E-state index is 0.220. The van der Waals surface area contributed by atoms with Crippen LogP contribution in [-0.4, -0.2) is 72.3 Å². The van der Waals surface area contributed by atoms with Crippen LogP contribution in [0.15, 0.2) is 17.6 Å². The minimum atomic E-state index is -4.75. The first-order valence-electron chi connectivity index (χ1n) is 7.83. The molecular formula is C13H17N6O7P. The fourth-order valence-corrected chi connectivity index (χ4v) is 3.57. The van der Waals surface area contributed by atoms with Gasteiger partial charge in [0, 0.05) is 18.8 Å². The van der Waals surface area contributed by atoms with E-state index in [1.54, 1.807) is 13.2 Å². The van der Waals surface area contributed by atoms with Gasteiger partial charge >= 0.3 is 7.82 Å². The molecule has 2 aliphatic rings. The number of aliphatic hydroxyl groups excluding tert-OH is 2. The predicted octanol–water partition coefficient (Wildman–Crippen LogP) is -1.77. The first-order chi connectivity index (χ1) is 12.7. The predicted molar refractivity (Wildman–Crippen MR) is 90.6 cm³/mol. The van der Waals surface area contributed by atoms with Gasteiger partial charge in [0.25, 0.3) is 0 Å². The van der Waals surface area contributed by atoms with Gasteiger partial charge in [0.15, 0.2) is 17.9 Å². The van der Waals surface area contributed by atoms with Crippen LogP contribution in [0.3, 0.4) is 0 Å². The highest BCUT2D eigenvalue weighted by atomic mass is 31.2. The third-order valence-electron chi connectivity index (χ3n) is 4.45. The van der Waals surface area contributed by atoms with Crippen molar-refractivity contribution in [2.24, 2.45) is 10.8 Å². The maximum atomic E-state index is 10.9. The van der Waals surface area contributed by atoms with Crippen LogP contribution in [-0.2, 0) is 13.8 Å². The summed E-state index contributed by atoms with van der Waals surface area (Å²) < 4.78 is 22.3. The summed E-state index contributed by atoms with van der Waals surface area (Å²) in [6.45, 7) is -0.600. The van der Waals surface area contributed by atoms with Crippen LogP contribution in [0, 0.1) is 0 Å². The molecule has 4 heterocycles. The van der Waals surface area contributed by atoms with E-state index in [2.05, 4.69) is 19.6 Å². The van der Waals surface area contributed by atoms with E-state index in [0.717, 1.165) is 0 Å². The molecule has 6 N–H and O–H groups in total. The van der Waals surface area contributed by atoms with Crippen LogP contribution in [0.4, 0.5) is 5.82 Å². The third kappa shape index (κ3) is 2.99. The Hall–Kier alpha value is -2.12. The zero-order valence-corrected chi connectivity index (χ0v) is 14.8. The molecule has 4 rings (SSSR count). The summed E-state index contributed by atoms with van der Waals surface area (Å²) in [6, 6.07) is 0. The van der Waals surface area contributed by atoms with Gasteiger partial charge in [-0.1, -0.05) is 0 Å². The monoisotopic (exact) mass is 400 g/mol. The number of aliphatic hydroxyl groups is 2. The summed E-state index contributed by atoms with van der Waals surface area (Å²) in [4.78, 5) is 26.0. The van der Waals surface area contributed by atoms with Crippen LogP contribution >= 0.6 is 7.82 Å². The van der Waals surface area contributed by atoms with Crippen molar-refractivity contribution in [3.05, 3.63) is 18.1 Å². The molecule has 2 aliphatic heterocycles. The average molecular weight is 400 g/mol. The Morgan fingerprint density at radius 3 is 2.78 bits per heavy atom. The second-order valence-corrected chi connectivity index (χ2v) is 7.43. The summed E-state index contributed by atoms with van der Waals surface area (Å²) in [7, 11) is -3.07. The molecule has 0 radical (unpaired) electrons. The fourth-order valence-electron chi connectivity index (χ4n) is 3.23. The molecule has 0 unspecified atom stereocenters. The van der Waals surface area contributed by atoms with E-state index in [4.69, 9.17) is 20.3 Å². The molecule has 0 aromatic carbocycles. The Morgan fingerprint density at radius 2 is 2.07 bits per heavy atom. The summed E-state index contributed by atoms with van der Waals surface area (Å²) in [6.07, 6.45) is -2.17. The largest absolute Gasteiger partial charge is 0.469 e. The van der Waals surface area contributed by atoms with E-state index >= 15 is 0 Å². The van der Waals surface area contributed by atoms with E-state index in [9.17, 15) is 14.8 Å². The molecule has 14 heteroatoms. The van der Waals surface area contributed by atoms with E-state index in [0.29, 0.717) is 22.4 Å². The normalized spacial score (nSPS) is 28.0. The third-order valence-corrected chi connectivity index (χ3v) is 4.93. The van der Waals surface area contributed by atoms with Crippen molar-refractivity contribution >= 4 is 30.5 Å². The molecule has 0 spiro atoms. The highest BCUT2D eigenvalue weighted by Gasteiger charge is 2.45. The number of nitrogens with two attached hydrogens (primary N) is 1. The highest BCUT2D eigenvalue weighted by molar-refractivity contribution is 7.46. The summed E-state index contributed by atoms with van der Waals surface area (Å²) in [5.74, 6) is 0.732. The lowest BCUT2D eigenvalue weighted by molar-refractivity contribution is -0.0501. The molecule has 2 aromatic rings. The summed E-state index contributed by atoms with van der Waals surface area (Å²) in [5, 5.41) is 26.8. The van der Waals surface area contributed by atoms with Crippen molar-refractivity contribution in [1.82, 2.24) is 14.5 Å². The van der Waals surface area contributed by atoms with Crippen LogP contribution in [0.5, 0.6) is 0 Å². The van der Waals surface area contributed by atoms with Gasteiger partial charge in [-0.3, -0.25) is 4.52 Å². The Morgan fingerprint density at radius 1 is 1.33 bits per heavy atom. The zero-order valence-electron chi connectivity index (χ0n) is 13.9. The number of aromatic nitrogens is 3. The standard InChI is InChI=1S/C13H17N6O7P/c1-18-11-7-5(10(14)17-18)2-19(12(7)16-4-15-11)13-9(21)8(20)6(26-13)3-25-27(22,23)24/h2,4,6,8-9,13,20-21H,3H2,1H3,(H2,14,17)(H2,22,23,24)/t6-,8+,9+,13-/m0/s1. The number of phosphoric acid groups is 1. The number of rotatable bonds is 4. The molecule has 4 atom stereocenters. The Kier molecular flexibility index (Phi) is 4.20. The van der Waals surface area contributed by atoms with Crippen molar-refractivity contribution in [1.29, 1.82) is 0 Å². The number of anilines is 1. The lowest BCUT2D eigenvalue weighted by Crippen LogP contribution is -2.33. The number of hydrogen-bond donors (Lipinski definition) is 5. The zero-order chi connectivity index (χ0) is 19.5. The molecule has 0 amide bonds. The molecule has 0 saturated carbocycles. The van der Waals surface area contributed by atoms with Crippen LogP contribution < -0.4 is 10.7 Å². The second-order valence-electron chi connectivity index (χ2n) is 6.19. The van der Waals surface area contributed by atoms with Gasteiger partial charge in [-0.15, -0.1) is 0 Å². The molecule has 1 saturated heterocycles. The van der Waals surface area contributed by atoms with Crippen LogP contribution in [0.25, 0.3) is 11.0 Å². The molecule has 1 fully saturated rings. The average Bonchev–Trinajstić information content (AvgIpc) is 3.11. The maximum Gasteiger partial charge on any atom is 0.469 e. The highest BCUT2D eigenvalue weighted by Crippen LogP contribution is 2.40. The summed E-state index contributed by atoms with van der Waals surface area (Å²) in [5.41, 5.74) is 6.91. The Bertz CT molecular complexity index is 973. The van der Waals surface area contributed by atoms with Gasteiger partial charge in [0.2, 0.25) is 0 Å². The molecule has 2 aromatic heterocycles. The topological polar surface area (TPSA) is 189 Å². The van der Waals surface area contributed by atoms with E-state index in [1.807, 2.05) is 0 Å². The van der Waals surface area contributed by atoms with Gasteiger partial charge in [-0.05, 0) is 0 Å². The SMILES string of the molecule is CN1N=C(N)c2cn([C@H]3O[C@@H](COP(=O)(O)O)[C@@H](O)[C@H]3O)c3ncnc1c23. The van der Waals surface area contributed by atoms with Crippen LogP contribution in [0.1, 0.15) is 11.8 Å². The van der Waals surface area contributed by atoms with Crippen LogP contribution in [0.2, 0.25) is 0 Å². The summed E-state index contributed by atoms with van der Waals surface area (Å²) >= 11 is 0. The molecular weight excluding hydrogens is 383 g/mol. The van der Waals surface area contributed by atoms with Crippen molar-refractivity contribution < 1.29 is 33.8 Å². The fraction of sp³-hybridized carbons (Fsp3) is 0.462. The molecule has 0 bridgehead atoms. The van der Waals surface area contributed by atoms with E-state index < -0.39 is 39.0 Å². The maximum absolute atomic E-state index is 10.9. The smallest absolute Gasteiger partial charge is 0.387 e. The molecule has 27 heavy (non-hydrogen) atoms. The first-order valence-corrected chi connectivity index (χ1v) is 9.36. The molecule has 0 aliphatic carbocycles. The van der Waals surface area contributed by atoms with Gasteiger partial charge in [0.1, 0.15) is 30.3 Å². The lowest BCUT2D eigenvalue weighted by Gasteiger charge is -2.19. The van der Waals surface area contributed by atoms with Gasteiger partial charge in [0.05, 0.1) is 12.0 Å². The van der Waals surface area contributed by atoms with E-state index in [-0.39, 0.29) is 5.84 Å². The van der Waals surface area contributed by atoms with Gasteiger partial charge in [-0.2, -0.15) is 5.10 Å². The van der Waals surface area contributed by atoms with Crippen molar-refractivity contribution in [2.45, 2.75) is 24.5 Å². The lowest BCUT2D eigenvalue weighted by atomic mass is 10.1. The Labute approximate surface area is 151 Å². The van der Waals surface area contributed by atoms with Gasteiger partial charge in [-0.25, -0.2) is 19.5 Å². The first kappa shape index (κ1) is 18.3. The second kappa shape index (κ2) is 6.21.